The highest BCUT2D eigenvalue weighted by molar-refractivity contribution is 9.10. The molecule has 0 unspecified atom stereocenters. The van der Waals surface area contributed by atoms with Gasteiger partial charge in [-0.25, -0.2) is 0 Å². The molecule has 7 nitrogen and oxygen atoms in total. The number of carboxylic acid groups (broad SMARTS) is 1. The van der Waals surface area contributed by atoms with E-state index < -0.39 is 11.9 Å². The van der Waals surface area contributed by atoms with Gasteiger partial charge in [0.15, 0.2) is 10.4 Å². The first kappa shape index (κ1) is 17.0. The zero-order chi connectivity index (χ0) is 17.4. The van der Waals surface area contributed by atoms with E-state index in [1.807, 2.05) is 0 Å². The minimum absolute atomic E-state index is 0.0356. The Balaban J connectivity index is 1.60. The Morgan fingerprint density at radius 2 is 2.04 bits per heavy atom. The molecule has 0 radical (unpaired) electrons. The number of hydrogen-bond donors (Lipinski definition) is 1. The van der Waals surface area contributed by atoms with E-state index in [4.69, 9.17) is 4.42 Å². The Morgan fingerprint density at radius 3 is 2.58 bits per heavy atom. The predicted octanol–water partition coefficient (Wildman–Crippen LogP) is 1.68. The van der Waals surface area contributed by atoms with Crippen LogP contribution in [0.1, 0.15) is 23.4 Å². The molecule has 1 saturated heterocycles. The monoisotopic (exact) mass is 398 g/mol. The molecular weight excluding hydrogens is 380 g/mol. The molecule has 2 heterocycles. The minimum atomic E-state index is -0.841. The lowest BCUT2D eigenvalue weighted by Crippen LogP contribution is -2.40. The molecule has 1 aliphatic heterocycles. The van der Waals surface area contributed by atoms with Gasteiger partial charge in [-0.3, -0.25) is 14.4 Å². The van der Waals surface area contributed by atoms with Gasteiger partial charge in [0.2, 0.25) is 5.91 Å². The summed E-state index contributed by atoms with van der Waals surface area (Å²) in [5, 5.41) is 9.36. The van der Waals surface area contributed by atoms with Gasteiger partial charge in [0.1, 0.15) is 0 Å². The van der Waals surface area contributed by atoms with Crippen LogP contribution in [0.25, 0.3) is 0 Å². The summed E-state index contributed by atoms with van der Waals surface area (Å²) >= 11 is 3.13. The fourth-order valence-electron chi connectivity index (χ4n) is 3.29. The van der Waals surface area contributed by atoms with E-state index >= 15 is 0 Å². The van der Waals surface area contributed by atoms with Crippen LogP contribution in [0.3, 0.4) is 0 Å². The maximum Gasteiger partial charge on any atom is 0.308 e. The average Bonchev–Trinajstić information content (AvgIpc) is 3.12. The van der Waals surface area contributed by atoms with Crippen LogP contribution >= 0.6 is 15.9 Å². The molecule has 130 valence electrons. The Kier molecular flexibility index (Phi) is 4.67. The maximum absolute atomic E-state index is 12.5. The number of likely N-dealkylation sites (tertiary alicyclic amines) is 1. The molecule has 3 rings (SSSR count). The van der Waals surface area contributed by atoms with Crippen molar-refractivity contribution < 1.29 is 23.9 Å². The van der Waals surface area contributed by atoms with Crippen molar-refractivity contribution in [3.63, 3.8) is 0 Å². The Labute approximate surface area is 147 Å². The Morgan fingerprint density at radius 1 is 1.33 bits per heavy atom. The zero-order valence-corrected chi connectivity index (χ0v) is 14.9. The largest absolute Gasteiger partial charge is 0.481 e. The van der Waals surface area contributed by atoms with Gasteiger partial charge in [0.05, 0.1) is 12.5 Å². The van der Waals surface area contributed by atoms with Crippen molar-refractivity contribution in [2.24, 2.45) is 17.8 Å². The van der Waals surface area contributed by atoms with E-state index in [0.717, 1.165) is 12.8 Å². The number of furan rings is 1. The molecule has 24 heavy (non-hydrogen) atoms. The van der Waals surface area contributed by atoms with Crippen LogP contribution < -0.4 is 0 Å². The van der Waals surface area contributed by atoms with Gasteiger partial charge in [0, 0.05) is 20.1 Å². The summed E-state index contributed by atoms with van der Waals surface area (Å²) in [7, 11) is 1.53. The topological polar surface area (TPSA) is 91.1 Å². The first-order valence-corrected chi connectivity index (χ1v) is 8.67. The van der Waals surface area contributed by atoms with E-state index in [0.29, 0.717) is 17.1 Å². The lowest BCUT2D eigenvalue weighted by Gasteiger charge is -2.21. The van der Waals surface area contributed by atoms with E-state index in [1.165, 1.54) is 18.0 Å². The van der Waals surface area contributed by atoms with E-state index in [2.05, 4.69) is 15.9 Å². The fourth-order valence-corrected chi connectivity index (χ4v) is 3.59. The smallest absolute Gasteiger partial charge is 0.308 e. The summed E-state index contributed by atoms with van der Waals surface area (Å²) in [4.78, 5) is 38.9. The van der Waals surface area contributed by atoms with Crippen LogP contribution in [-0.4, -0.2) is 59.4 Å². The van der Waals surface area contributed by atoms with Gasteiger partial charge < -0.3 is 19.3 Å². The number of hydrogen-bond acceptors (Lipinski definition) is 4. The van der Waals surface area contributed by atoms with E-state index in [9.17, 15) is 19.5 Å². The molecule has 1 N–H and O–H groups in total. The molecule has 1 aromatic heterocycles. The van der Waals surface area contributed by atoms with Gasteiger partial charge in [-0.2, -0.15) is 0 Å². The van der Waals surface area contributed by atoms with Crippen LogP contribution in [0.4, 0.5) is 0 Å². The van der Waals surface area contributed by atoms with E-state index in [-0.39, 0.29) is 36.6 Å². The average molecular weight is 399 g/mol. The molecule has 2 amide bonds. The minimum Gasteiger partial charge on any atom is -0.481 e. The standard InChI is InChI=1S/C16H19BrN2O5/c1-18(15(21)12-4-5-13(17)24-12)8-14(20)19-6-10(9-2-3-9)11(7-19)16(22)23/h4-5,9-11H,2-3,6-8H2,1H3,(H,22,23)/t10-,11+/m1/s1. The quantitative estimate of drug-likeness (QED) is 0.814. The van der Waals surface area contributed by atoms with Crippen LogP contribution in [0.5, 0.6) is 0 Å². The molecule has 0 aromatic carbocycles. The van der Waals surface area contributed by atoms with Crippen molar-refractivity contribution in [1.82, 2.24) is 9.80 Å². The molecule has 1 aliphatic carbocycles. The number of rotatable bonds is 5. The van der Waals surface area contributed by atoms with Crippen LogP contribution in [0, 0.1) is 17.8 Å². The number of likely N-dealkylation sites (N-methyl/N-ethyl adjacent to an activating group) is 1. The number of aliphatic carboxylic acids is 1. The third kappa shape index (κ3) is 3.48. The molecule has 1 saturated carbocycles. The van der Waals surface area contributed by atoms with Crippen LogP contribution in [0.2, 0.25) is 0 Å². The second kappa shape index (κ2) is 6.58. The zero-order valence-electron chi connectivity index (χ0n) is 13.3. The van der Waals surface area contributed by atoms with Gasteiger partial charge in [-0.05, 0) is 52.7 Å². The molecule has 2 aliphatic rings. The molecule has 1 aromatic rings. The second-order valence-electron chi connectivity index (χ2n) is 6.51. The van der Waals surface area contributed by atoms with Gasteiger partial charge in [-0.1, -0.05) is 0 Å². The van der Waals surface area contributed by atoms with Crippen molar-refractivity contribution in [2.75, 3.05) is 26.7 Å². The van der Waals surface area contributed by atoms with Crippen molar-refractivity contribution in [1.29, 1.82) is 0 Å². The molecule has 8 heteroatoms. The highest BCUT2D eigenvalue weighted by Gasteiger charge is 2.46. The fraction of sp³-hybridized carbons (Fsp3) is 0.562. The SMILES string of the molecule is CN(CC(=O)N1C[C@H](C(=O)O)[C@@H](C2CC2)C1)C(=O)c1ccc(Br)o1. The van der Waals surface area contributed by atoms with Crippen molar-refractivity contribution in [3.05, 3.63) is 22.6 Å². The van der Waals surface area contributed by atoms with Crippen molar-refractivity contribution in [3.8, 4) is 0 Å². The number of carbonyl (C=O) groups excluding carboxylic acids is 2. The van der Waals surface area contributed by atoms with Gasteiger partial charge in [0.25, 0.3) is 5.91 Å². The Hall–Kier alpha value is -1.83. The van der Waals surface area contributed by atoms with Crippen LogP contribution in [0.15, 0.2) is 21.2 Å². The molecule has 2 atom stereocenters. The first-order chi connectivity index (χ1) is 11.4. The number of nitrogens with zero attached hydrogens (tertiary/aromatic N) is 2. The predicted molar refractivity (Wildman–Crippen MR) is 87.3 cm³/mol. The highest BCUT2D eigenvalue weighted by Crippen LogP contribution is 2.44. The third-order valence-corrected chi connectivity index (χ3v) is 5.19. The number of amides is 2. The second-order valence-corrected chi connectivity index (χ2v) is 7.29. The van der Waals surface area contributed by atoms with E-state index in [1.54, 1.807) is 11.0 Å². The normalized spacial score (nSPS) is 23.3. The Bertz CT molecular complexity index is 669. The summed E-state index contributed by atoms with van der Waals surface area (Å²) < 4.78 is 5.65. The summed E-state index contributed by atoms with van der Waals surface area (Å²) in [6.07, 6.45) is 2.09. The molecule has 0 bridgehead atoms. The van der Waals surface area contributed by atoms with Crippen molar-refractivity contribution >= 4 is 33.7 Å². The first-order valence-electron chi connectivity index (χ1n) is 7.88. The number of carbonyl (C=O) groups is 3. The molecular formula is C16H19BrN2O5. The number of carboxylic acids is 1. The lowest BCUT2D eigenvalue weighted by molar-refractivity contribution is -0.142. The summed E-state index contributed by atoms with van der Waals surface area (Å²) in [6.45, 7) is 0.597. The van der Waals surface area contributed by atoms with Gasteiger partial charge in [-0.15, -0.1) is 0 Å². The van der Waals surface area contributed by atoms with Gasteiger partial charge >= 0.3 is 5.97 Å². The maximum atomic E-state index is 12.5. The summed E-state index contributed by atoms with van der Waals surface area (Å²) in [6, 6.07) is 3.15. The van der Waals surface area contributed by atoms with Crippen LogP contribution in [-0.2, 0) is 9.59 Å². The highest BCUT2D eigenvalue weighted by atomic mass is 79.9. The van der Waals surface area contributed by atoms with Crippen molar-refractivity contribution in [2.45, 2.75) is 12.8 Å². The molecule has 0 spiro atoms. The number of halogens is 1. The molecule has 2 fully saturated rings. The lowest BCUT2D eigenvalue weighted by atomic mass is 9.92. The summed E-state index contributed by atoms with van der Waals surface area (Å²) in [5.41, 5.74) is 0. The summed E-state index contributed by atoms with van der Waals surface area (Å²) in [5.74, 6) is -1.35. The third-order valence-electron chi connectivity index (χ3n) is 4.77.